The Bertz CT molecular complexity index is 912. The summed E-state index contributed by atoms with van der Waals surface area (Å²) in [6.07, 6.45) is 3.42. The first-order valence-corrected chi connectivity index (χ1v) is 10.2. The number of methoxy groups -OCH3 is 1. The molecule has 3 rings (SSSR count). The second-order valence-electron chi connectivity index (χ2n) is 7.08. The van der Waals surface area contributed by atoms with Gasteiger partial charge in [-0.05, 0) is 61.2 Å². The van der Waals surface area contributed by atoms with Crippen LogP contribution >= 0.6 is 0 Å². The molecule has 148 valence electrons. The molecule has 1 N–H and O–H groups in total. The van der Waals surface area contributed by atoms with Crippen molar-refractivity contribution >= 4 is 16.8 Å². The van der Waals surface area contributed by atoms with Crippen LogP contribution in [-0.4, -0.2) is 36.0 Å². The van der Waals surface area contributed by atoms with Crippen LogP contribution in [-0.2, 0) is 11.2 Å². The monoisotopic (exact) mass is 378 g/mol. The predicted molar refractivity (Wildman–Crippen MR) is 116 cm³/mol. The summed E-state index contributed by atoms with van der Waals surface area (Å²) < 4.78 is 5.28. The Morgan fingerprint density at radius 3 is 2.50 bits per heavy atom. The number of hydrogen-bond donors (Lipinski definition) is 1. The number of para-hydroxylation sites is 1. The number of hydrogen-bond acceptors (Lipinski definition) is 2. The molecule has 0 saturated heterocycles. The van der Waals surface area contributed by atoms with Gasteiger partial charge in [0.1, 0.15) is 5.75 Å². The van der Waals surface area contributed by atoms with Gasteiger partial charge in [0.25, 0.3) is 0 Å². The lowest BCUT2D eigenvalue weighted by molar-refractivity contribution is -0.131. The van der Waals surface area contributed by atoms with Crippen LogP contribution in [0.1, 0.15) is 38.7 Å². The molecule has 3 aromatic rings. The van der Waals surface area contributed by atoms with Crippen LogP contribution in [0.2, 0.25) is 0 Å². The van der Waals surface area contributed by atoms with Crippen molar-refractivity contribution in [2.75, 3.05) is 20.2 Å². The fourth-order valence-corrected chi connectivity index (χ4v) is 3.66. The molecule has 0 radical (unpaired) electrons. The molecule has 0 aliphatic carbocycles. The molecule has 4 nitrogen and oxygen atoms in total. The Morgan fingerprint density at radius 2 is 1.82 bits per heavy atom. The molecule has 1 heterocycles. The number of amides is 1. The zero-order chi connectivity index (χ0) is 19.9. The number of nitrogens with one attached hydrogen (secondary N) is 1. The number of aromatic nitrogens is 1. The van der Waals surface area contributed by atoms with Crippen molar-refractivity contribution in [3.63, 3.8) is 0 Å². The normalized spacial score (nSPS) is 11.0. The molecule has 1 amide bonds. The van der Waals surface area contributed by atoms with E-state index < -0.39 is 0 Å². The second-order valence-corrected chi connectivity index (χ2v) is 7.08. The first-order valence-electron chi connectivity index (χ1n) is 10.2. The molecule has 0 unspecified atom stereocenters. The summed E-state index contributed by atoms with van der Waals surface area (Å²) in [4.78, 5) is 18.3. The number of rotatable bonds is 9. The maximum atomic E-state index is 12.7. The highest BCUT2D eigenvalue weighted by Gasteiger charge is 2.17. The van der Waals surface area contributed by atoms with Gasteiger partial charge in [-0.2, -0.15) is 0 Å². The van der Waals surface area contributed by atoms with E-state index >= 15 is 0 Å². The van der Waals surface area contributed by atoms with Gasteiger partial charge in [0.05, 0.1) is 7.11 Å². The van der Waals surface area contributed by atoms with E-state index in [-0.39, 0.29) is 5.91 Å². The predicted octanol–water partition coefficient (Wildman–Crippen LogP) is 5.42. The van der Waals surface area contributed by atoms with Gasteiger partial charge in [0.2, 0.25) is 5.91 Å². The number of H-pyrrole nitrogens is 1. The fraction of sp³-hybridized carbons (Fsp3) is 0.375. The molecule has 1 aromatic heterocycles. The van der Waals surface area contributed by atoms with E-state index in [1.54, 1.807) is 7.11 Å². The highest BCUT2D eigenvalue weighted by atomic mass is 16.5. The Kier molecular flexibility index (Phi) is 6.75. The third-order valence-corrected chi connectivity index (χ3v) is 5.30. The standard InChI is InChI=1S/C24H30N2O2/c1-4-6-17-26(5-2)23(27)16-15-21-20-9-7-8-10-22(20)25-24(21)18-11-13-19(28-3)14-12-18/h7-14,25H,4-6,15-17H2,1-3H3. The number of nitrogens with zero attached hydrogens (tertiary/aromatic N) is 1. The summed E-state index contributed by atoms with van der Waals surface area (Å²) in [5.74, 6) is 1.08. The quantitative estimate of drug-likeness (QED) is 0.540. The van der Waals surface area contributed by atoms with E-state index in [4.69, 9.17) is 4.74 Å². The van der Waals surface area contributed by atoms with Gasteiger partial charge in [0, 0.05) is 36.1 Å². The van der Waals surface area contributed by atoms with E-state index in [0.29, 0.717) is 6.42 Å². The smallest absolute Gasteiger partial charge is 0.222 e. The summed E-state index contributed by atoms with van der Waals surface area (Å²) in [5.41, 5.74) is 4.51. The summed E-state index contributed by atoms with van der Waals surface area (Å²) in [5, 5.41) is 1.19. The van der Waals surface area contributed by atoms with Crippen molar-refractivity contribution in [1.82, 2.24) is 9.88 Å². The summed E-state index contributed by atoms with van der Waals surface area (Å²) in [6, 6.07) is 16.4. The van der Waals surface area contributed by atoms with E-state index in [1.165, 1.54) is 10.9 Å². The number of ether oxygens (including phenoxy) is 1. The van der Waals surface area contributed by atoms with E-state index in [1.807, 2.05) is 23.1 Å². The number of carbonyl (C=O) groups excluding carboxylic acids is 1. The van der Waals surface area contributed by atoms with Crippen LogP contribution in [0.3, 0.4) is 0 Å². The molecular weight excluding hydrogens is 348 g/mol. The molecule has 0 aliphatic heterocycles. The number of fused-ring (bicyclic) bond motifs is 1. The molecule has 4 heteroatoms. The van der Waals surface area contributed by atoms with Crippen LogP contribution in [0.25, 0.3) is 22.2 Å². The molecule has 0 aliphatic rings. The minimum Gasteiger partial charge on any atom is -0.497 e. The molecule has 28 heavy (non-hydrogen) atoms. The van der Waals surface area contributed by atoms with Crippen molar-refractivity contribution < 1.29 is 9.53 Å². The van der Waals surface area contributed by atoms with Gasteiger partial charge >= 0.3 is 0 Å². The molecule has 0 bridgehead atoms. The SMILES string of the molecule is CCCCN(CC)C(=O)CCc1c(-c2ccc(OC)cc2)[nH]c2ccccc12. The number of unbranched alkanes of at least 4 members (excludes halogenated alkanes) is 1. The number of aromatic amines is 1. The molecule has 2 aromatic carbocycles. The molecular formula is C24H30N2O2. The van der Waals surface area contributed by atoms with Crippen LogP contribution in [0.5, 0.6) is 5.75 Å². The average molecular weight is 379 g/mol. The highest BCUT2D eigenvalue weighted by Crippen LogP contribution is 2.32. The Morgan fingerprint density at radius 1 is 1.07 bits per heavy atom. The van der Waals surface area contributed by atoms with Crippen molar-refractivity contribution in [2.24, 2.45) is 0 Å². The van der Waals surface area contributed by atoms with Crippen molar-refractivity contribution in [3.8, 4) is 17.0 Å². The van der Waals surface area contributed by atoms with Gasteiger partial charge in [-0.25, -0.2) is 0 Å². The first kappa shape index (κ1) is 20.0. The van der Waals surface area contributed by atoms with E-state index in [2.05, 4.69) is 49.2 Å². The number of aryl methyl sites for hydroxylation is 1. The van der Waals surface area contributed by atoms with Gasteiger partial charge in [-0.1, -0.05) is 31.5 Å². The van der Waals surface area contributed by atoms with Crippen LogP contribution in [0.15, 0.2) is 48.5 Å². The van der Waals surface area contributed by atoms with Crippen LogP contribution in [0.4, 0.5) is 0 Å². The second kappa shape index (κ2) is 9.45. The maximum absolute atomic E-state index is 12.7. The van der Waals surface area contributed by atoms with Crippen molar-refractivity contribution in [2.45, 2.75) is 39.5 Å². The Balaban J connectivity index is 1.87. The molecule has 0 saturated carbocycles. The van der Waals surface area contributed by atoms with E-state index in [9.17, 15) is 4.79 Å². The lowest BCUT2D eigenvalue weighted by atomic mass is 10.0. The van der Waals surface area contributed by atoms with Gasteiger partial charge in [0.15, 0.2) is 0 Å². The largest absolute Gasteiger partial charge is 0.497 e. The fourth-order valence-electron chi connectivity index (χ4n) is 3.66. The molecule has 0 atom stereocenters. The summed E-state index contributed by atoms with van der Waals surface area (Å²) in [6.45, 7) is 5.84. The minimum absolute atomic E-state index is 0.238. The van der Waals surface area contributed by atoms with Crippen LogP contribution in [0, 0.1) is 0 Å². The van der Waals surface area contributed by atoms with Crippen molar-refractivity contribution in [1.29, 1.82) is 0 Å². The molecule has 0 fully saturated rings. The number of benzene rings is 2. The highest BCUT2D eigenvalue weighted by molar-refractivity contribution is 5.91. The van der Waals surface area contributed by atoms with E-state index in [0.717, 1.165) is 54.9 Å². The summed E-state index contributed by atoms with van der Waals surface area (Å²) >= 11 is 0. The Labute approximate surface area is 167 Å². The minimum atomic E-state index is 0.238. The number of carbonyl (C=O) groups is 1. The van der Waals surface area contributed by atoms with Gasteiger partial charge in [-0.3, -0.25) is 4.79 Å². The topological polar surface area (TPSA) is 45.3 Å². The zero-order valence-electron chi connectivity index (χ0n) is 17.1. The lowest BCUT2D eigenvalue weighted by Gasteiger charge is -2.20. The van der Waals surface area contributed by atoms with Crippen LogP contribution < -0.4 is 4.74 Å². The average Bonchev–Trinajstić information content (AvgIpc) is 3.11. The third-order valence-electron chi connectivity index (χ3n) is 5.30. The Hall–Kier alpha value is -2.75. The van der Waals surface area contributed by atoms with Gasteiger partial charge < -0.3 is 14.6 Å². The molecule has 0 spiro atoms. The first-order chi connectivity index (χ1) is 13.7. The lowest BCUT2D eigenvalue weighted by Crippen LogP contribution is -2.31. The summed E-state index contributed by atoms with van der Waals surface area (Å²) in [7, 11) is 1.67. The van der Waals surface area contributed by atoms with Crippen molar-refractivity contribution in [3.05, 3.63) is 54.1 Å². The van der Waals surface area contributed by atoms with Gasteiger partial charge in [-0.15, -0.1) is 0 Å². The third kappa shape index (κ3) is 4.38. The maximum Gasteiger partial charge on any atom is 0.222 e. The zero-order valence-corrected chi connectivity index (χ0v) is 17.1.